The smallest absolute Gasteiger partial charge is 0.419 e. The molecule has 1 aromatic carbocycles. The zero-order chi connectivity index (χ0) is 17.2. The van der Waals surface area contributed by atoms with Crippen LogP contribution in [0.1, 0.15) is 33.4 Å². The SMILES string of the molecule is C=C(C(=O)OCC)c1cc2ccccc2n1C(=O)OC(C)(C)C. The molecule has 0 unspecified atom stereocenters. The monoisotopic (exact) mass is 315 g/mol. The fraction of sp³-hybridized carbons (Fsp3) is 0.333. The summed E-state index contributed by atoms with van der Waals surface area (Å²) in [6.07, 6.45) is -0.556. The Balaban J connectivity index is 2.56. The van der Waals surface area contributed by atoms with E-state index in [1.54, 1.807) is 39.8 Å². The summed E-state index contributed by atoms with van der Waals surface area (Å²) in [7, 11) is 0. The Bertz CT molecular complexity index is 765. The van der Waals surface area contributed by atoms with Gasteiger partial charge in [0.1, 0.15) is 5.60 Å². The van der Waals surface area contributed by atoms with Gasteiger partial charge in [-0.3, -0.25) is 0 Å². The third-order valence-corrected chi connectivity index (χ3v) is 3.12. The van der Waals surface area contributed by atoms with Gasteiger partial charge in [-0.05, 0) is 39.8 Å². The van der Waals surface area contributed by atoms with Crippen LogP contribution in [0.3, 0.4) is 0 Å². The van der Waals surface area contributed by atoms with Gasteiger partial charge in [0, 0.05) is 5.39 Å². The Morgan fingerprint density at radius 2 is 1.87 bits per heavy atom. The molecule has 0 atom stereocenters. The molecule has 0 bridgehead atoms. The maximum Gasteiger partial charge on any atom is 0.419 e. The normalized spacial score (nSPS) is 11.3. The Morgan fingerprint density at radius 1 is 1.22 bits per heavy atom. The molecule has 5 nitrogen and oxygen atoms in total. The van der Waals surface area contributed by atoms with Gasteiger partial charge in [-0.2, -0.15) is 0 Å². The van der Waals surface area contributed by atoms with Crippen molar-refractivity contribution in [2.45, 2.75) is 33.3 Å². The molecule has 0 aliphatic carbocycles. The fourth-order valence-electron chi connectivity index (χ4n) is 2.20. The van der Waals surface area contributed by atoms with Gasteiger partial charge in [-0.1, -0.05) is 24.8 Å². The molecule has 0 radical (unpaired) electrons. The first-order valence-corrected chi connectivity index (χ1v) is 7.45. The number of para-hydroxylation sites is 1. The average Bonchev–Trinajstić information content (AvgIpc) is 2.84. The van der Waals surface area contributed by atoms with E-state index in [4.69, 9.17) is 9.47 Å². The number of carbonyl (C=O) groups is 2. The number of aromatic nitrogens is 1. The highest BCUT2D eigenvalue weighted by molar-refractivity contribution is 6.17. The predicted octanol–water partition coefficient (Wildman–Crippen LogP) is 4.00. The second-order valence-corrected chi connectivity index (χ2v) is 6.10. The predicted molar refractivity (Wildman–Crippen MR) is 89.2 cm³/mol. The minimum absolute atomic E-state index is 0.119. The van der Waals surface area contributed by atoms with Gasteiger partial charge in [0.15, 0.2) is 0 Å². The first-order valence-electron chi connectivity index (χ1n) is 7.45. The van der Waals surface area contributed by atoms with Crippen LogP contribution in [0.2, 0.25) is 0 Å². The molecule has 2 aromatic rings. The Morgan fingerprint density at radius 3 is 2.48 bits per heavy atom. The summed E-state index contributed by atoms with van der Waals surface area (Å²) in [6.45, 7) is 11.1. The molecule has 122 valence electrons. The summed E-state index contributed by atoms with van der Waals surface area (Å²) in [6, 6.07) is 9.07. The number of ether oxygens (including phenoxy) is 2. The molecule has 0 aliphatic rings. The zero-order valence-corrected chi connectivity index (χ0v) is 13.9. The number of rotatable bonds is 3. The van der Waals surface area contributed by atoms with Crippen molar-refractivity contribution >= 4 is 28.5 Å². The van der Waals surface area contributed by atoms with Crippen molar-refractivity contribution < 1.29 is 19.1 Å². The van der Waals surface area contributed by atoms with Crippen molar-refractivity contribution in [2.75, 3.05) is 6.61 Å². The minimum atomic E-state index is -0.648. The summed E-state index contributed by atoms with van der Waals surface area (Å²) < 4.78 is 11.8. The number of benzene rings is 1. The molecule has 5 heteroatoms. The quantitative estimate of drug-likeness (QED) is 0.634. The van der Waals surface area contributed by atoms with Gasteiger partial charge < -0.3 is 9.47 Å². The number of carbonyl (C=O) groups excluding carboxylic acids is 2. The molecule has 0 saturated carbocycles. The molecule has 0 fully saturated rings. The molecule has 0 spiro atoms. The van der Waals surface area contributed by atoms with E-state index in [0.29, 0.717) is 11.2 Å². The number of fused-ring (bicyclic) bond motifs is 1. The van der Waals surface area contributed by atoms with Crippen LogP contribution in [0.4, 0.5) is 4.79 Å². The van der Waals surface area contributed by atoms with Crippen molar-refractivity contribution in [3.8, 4) is 0 Å². The second-order valence-electron chi connectivity index (χ2n) is 6.10. The second kappa shape index (κ2) is 6.28. The summed E-state index contributed by atoms with van der Waals surface area (Å²) in [5, 5.41) is 0.818. The summed E-state index contributed by atoms with van der Waals surface area (Å²) >= 11 is 0. The molecular formula is C18H21NO4. The van der Waals surface area contributed by atoms with E-state index < -0.39 is 17.7 Å². The molecule has 1 heterocycles. The molecule has 1 aromatic heterocycles. The third kappa shape index (κ3) is 3.62. The van der Waals surface area contributed by atoms with Crippen LogP contribution >= 0.6 is 0 Å². The van der Waals surface area contributed by atoms with Gasteiger partial charge in [-0.15, -0.1) is 0 Å². The van der Waals surface area contributed by atoms with Crippen molar-refractivity contribution in [1.82, 2.24) is 4.57 Å². The zero-order valence-electron chi connectivity index (χ0n) is 13.9. The fourth-order valence-corrected chi connectivity index (χ4v) is 2.20. The number of nitrogens with zero attached hydrogens (tertiary/aromatic N) is 1. The van der Waals surface area contributed by atoms with Crippen molar-refractivity contribution in [3.05, 3.63) is 42.6 Å². The van der Waals surface area contributed by atoms with Crippen LogP contribution in [0.25, 0.3) is 16.5 Å². The first-order chi connectivity index (χ1) is 10.7. The van der Waals surface area contributed by atoms with Gasteiger partial charge in [-0.25, -0.2) is 14.2 Å². The number of hydrogen-bond donors (Lipinski definition) is 0. The summed E-state index contributed by atoms with van der Waals surface area (Å²) in [4.78, 5) is 24.6. The van der Waals surface area contributed by atoms with E-state index in [9.17, 15) is 9.59 Å². The van der Waals surface area contributed by atoms with E-state index in [-0.39, 0.29) is 12.2 Å². The first kappa shape index (κ1) is 16.8. The van der Waals surface area contributed by atoms with Crippen LogP contribution in [0.5, 0.6) is 0 Å². The highest BCUT2D eigenvalue weighted by Crippen LogP contribution is 2.26. The Kier molecular flexibility index (Phi) is 4.59. The van der Waals surface area contributed by atoms with Gasteiger partial charge in [0.2, 0.25) is 0 Å². The van der Waals surface area contributed by atoms with Gasteiger partial charge in [0.25, 0.3) is 0 Å². The maximum absolute atomic E-state index is 12.6. The van der Waals surface area contributed by atoms with Gasteiger partial charge in [0.05, 0.1) is 23.4 Å². The van der Waals surface area contributed by atoms with Crippen LogP contribution < -0.4 is 0 Å². The summed E-state index contributed by atoms with van der Waals surface area (Å²) in [5.41, 5.74) is 0.500. The Hall–Kier alpha value is -2.56. The van der Waals surface area contributed by atoms with Crippen molar-refractivity contribution in [2.24, 2.45) is 0 Å². The highest BCUT2D eigenvalue weighted by Gasteiger charge is 2.25. The number of hydrogen-bond acceptors (Lipinski definition) is 4. The van der Waals surface area contributed by atoms with Crippen LogP contribution in [-0.4, -0.2) is 28.8 Å². The van der Waals surface area contributed by atoms with Gasteiger partial charge >= 0.3 is 12.1 Å². The number of esters is 1. The van der Waals surface area contributed by atoms with E-state index in [1.807, 2.05) is 18.2 Å². The lowest BCUT2D eigenvalue weighted by Gasteiger charge is -2.21. The van der Waals surface area contributed by atoms with E-state index in [0.717, 1.165) is 5.39 Å². The molecule has 0 saturated heterocycles. The topological polar surface area (TPSA) is 57.5 Å². The molecule has 2 rings (SSSR count). The van der Waals surface area contributed by atoms with E-state index in [2.05, 4.69) is 6.58 Å². The molecular weight excluding hydrogens is 294 g/mol. The van der Waals surface area contributed by atoms with Crippen LogP contribution in [0.15, 0.2) is 36.9 Å². The molecule has 0 amide bonds. The largest absolute Gasteiger partial charge is 0.462 e. The lowest BCUT2D eigenvalue weighted by Crippen LogP contribution is -2.28. The summed E-state index contributed by atoms with van der Waals surface area (Å²) in [5.74, 6) is -0.555. The molecule has 0 N–H and O–H groups in total. The Labute approximate surface area is 135 Å². The van der Waals surface area contributed by atoms with Crippen molar-refractivity contribution in [1.29, 1.82) is 0 Å². The minimum Gasteiger partial charge on any atom is -0.462 e. The lowest BCUT2D eigenvalue weighted by atomic mass is 10.2. The van der Waals surface area contributed by atoms with E-state index >= 15 is 0 Å². The average molecular weight is 315 g/mol. The highest BCUT2D eigenvalue weighted by atomic mass is 16.6. The maximum atomic E-state index is 12.6. The third-order valence-electron chi connectivity index (χ3n) is 3.12. The lowest BCUT2D eigenvalue weighted by molar-refractivity contribution is -0.136. The van der Waals surface area contributed by atoms with Crippen LogP contribution in [-0.2, 0) is 14.3 Å². The molecule has 0 aliphatic heterocycles. The molecule has 23 heavy (non-hydrogen) atoms. The standard InChI is InChI=1S/C18H21NO4/c1-6-22-16(20)12(2)15-11-13-9-7-8-10-14(13)19(15)17(21)23-18(3,4)5/h7-11H,2,6H2,1,3-5H3. The van der Waals surface area contributed by atoms with E-state index in [1.165, 1.54) is 4.57 Å². The van der Waals surface area contributed by atoms with Crippen molar-refractivity contribution in [3.63, 3.8) is 0 Å². The van der Waals surface area contributed by atoms with Crippen LogP contribution in [0, 0.1) is 0 Å².